The number of nitrogens with zero attached hydrogens (tertiary/aromatic N) is 4. The Morgan fingerprint density at radius 1 is 1.25 bits per heavy atom. The molecule has 152 valence electrons. The second kappa shape index (κ2) is 8.12. The summed E-state index contributed by atoms with van der Waals surface area (Å²) in [6.45, 7) is 3.19. The van der Waals surface area contributed by atoms with Gasteiger partial charge in [-0.3, -0.25) is 4.68 Å². The number of ether oxygens (including phenoxy) is 1. The third-order valence-corrected chi connectivity index (χ3v) is 8.03. The summed E-state index contributed by atoms with van der Waals surface area (Å²) in [4.78, 5) is 0.189. The molecular weight excluding hydrogens is 444 g/mol. The highest BCUT2D eigenvalue weighted by Crippen LogP contribution is 2.34. The number of hydrogen-bond donors (Lipinski definition) is 0. The average molecular weight is 469 g/mol. The summed E-state index contributed by atoms with van der Waals surface area (Å²) >= 11 is 3.37. The van der Waals surface area contributed by atoms with Crippen LogP contribution in [0, 0.1) is 5.92 Å². The highest BCUT2D eigenvalue weighted by molar-refractivity contribution is 9.10. The summed E-state index contributed by atoms with van der Waals surface area (Å²) in [6, 6.07) is 4.69. The van der Waals surface area contributed by atoms with Crippen LogP contribution < -0.4 is 4.74 Å². The fraction of sp³-hybridized carbons (Fsp3) is 0.579. The third kappa shape index (κ3) is 4.11. The van der Waals surface area contributed by atoms with Crippen molar-refractivity contribution in [2.24, 2.45) is 5.92 Å². The van der Waals surface area contributed by atoms with E-state index in [1.165, 1.54) is 36.4 Å². The zero-order valence-corrected chi connectivity index (χ0v) is 18.3. The number of hydrogen-bond acceptors (Lipinski definition) is 5. The fourth-order valence-corrected chi connectivity index (χ4v) is 6.04. The quantitative estimate of drug-likeness (QED) is 0.684. The number of benzene rings is 1. The van der Waals surface area contributed by atoms with Crippen LogP contribution >= 0.6 is 15.9 Å². The Labute approximate surface area is 174 Å². The standard InChI is InChI=1S/C19H25BrN4O3S/c1-14-13-27-18-9-16(20)7-8-19(18)28(25,26)24(14)12-17-11-23(22-21-17)10-15-5-3-2-4-6-15/h7-9,11,14-15H,2-6,10,12-13H2,1H3/t14-/m0/s1. The lowest BCUT2D eigenvalue weighted by Crippen LogP contribution is -2.39. The fourth-order valence-electron chi connectivity index (χ4n) is 4.00. The van der Waals surface area contributed by atoms with Crippen molar-refractivity contribution in [1.82, 2.24) is 19.3 Å². The van der Waals surface area contributed by atoms with Crippen LogP contribution in [0.5, 0.6) is 5.75 Å². The molecule has 0 radical (unpaired) electrons. The Morgan fingerprint density at radius 2 is 2.04 bits per heavy atom. The van der Waals surface area contributed by atoms with Crippen LogP contribution in [0.2, 0.25) is 0 Å². The number of halogens is 1. The monoisotopic (exact) mass is 468 g/mol. The molecule has 1 saturated carbocycles. The van der Waals surface area contributed by atoms with Crippen molar-refractivity contribution in [3.63, 3.8) is 0 Å². The zero-order valence-electron chi connectivity index (χ0n) is 15.9. The van der Waals surface area contributed by atoms with Crippen LogP contribution in [0.1, 0.15) is 44.7 Å². The predicted molar refractivity (Wildman–Crippen MR) is 108 cm³/mol. The van der Waals surface area contributed by atoms with Crippen molar-refractivity contribution >= 4 is 26.0 Å². The molecule has 1 aliphatic carbocycles. The Bertz CT molecular complexity index is 940. The molecule has 7 nitrogen and oxygen atoms in total. The van der Waals surface area contributed by atoms with Gasteiger partial charge in [0.2, 0.25) is 10.0 Å². The molecule has 0 saturated heterocycles. The second-order valence-electron chi connectivity index (χ2n) is 7.74. The number of aromatic nitrogens is 3. The molecule has 2 aromatic rings. The highest BCUT2D eigenvalue weighted by atomic mass is 79.9. The number of fused-ring (bicyclic) bond motifs is 1. The van der Waals surface area contributed by atoms with E-state index < -0.39 is 10.0 Å². The summed E-state index contributed by atoms with van der Waals surface area (Å²) in [5, 5.41) is 8.47. The second-order valence-corrected chi connectivity index (χ2v) is 10.5. The minimum atomic E-state index is -3.69. The number of rotatable bonds is 4. The topological polar surface area (TPSA) is 77.3 Å². The lowest BCUT2D eigenvalue weighted by Gasteiger charge is -2.24. The van der Waals surface area contributed by atoms with Crippen molar-refractivity contribution in [1.29, 1.82) is 0 Å². The van der Waals surface area contributed by atoms with Gasteiger partial charge in [0.1, 0.15) is 17.3 Å². The van der Waals surface area contributed by atoms with Crippen molar-refractivity contribution in [3.05, 3.63) is 34.6 Å². The molecular formula is C19H25BrN4O3S. The summed E-state index contributed by atoms with van der Waals surface area (Å²) in [5.74, 6) is 1.02. The third-order valence-electron chi connectivity index (χ3n) is 5.54. The van der Waals surface area contributed by atoms with Gasteiger partial charge in [-0.25, -0.2) is 8.42 Å². The van der Waals surface area contributed by atoms with E-state index in [2.05, 4.69) is 26.2 Å². The molecule has 0 N–H and O–H groups in total. The van der Waals surface area contributed by atoms with E-state index in [1.807, 2.05) is 17.8 Å². The first-order chi connectivity index (χ1) is 13.4. The van der Waals surface area contributed by atoms with Crippen LogP contribution in [0.3, 0.4) is 0 Å². The lowest BCUT2D eigenvalue weighted by molar-refractivity contribution is 0.219. The van der Waals surface area contributed by atoms with Gasteiger partial charge in [-0.05, 0) is 43.9 Å². The average Bonchev–Trinajstić information content (AvgIpc) is 3.08. The zero-order chi connectivity index (χ0) is 19.7. The molecule has 1 aliphatic heterocycles. The maximum atomic E-state index is 13.2. The Kier molecular flexibility index (Phi) is 5.76. The van der Waals surface area contributed by atoms with E-state index in [0.29, 0.717) is 24.0 Å². The SMILES string of the molecule is C[C@H]1COc2cc(Br)ccc2S(=O)(=O)N1Cc1cn(CC2CCCCC2)nn1. The van der Waals surface area contributed by atoms with Gasteiger partial charge < -0.3 is 4.74 Å². The molecule has 28 heavy (non-hydrogen) atoms. The van der Waals surface area contributed by atoms with E-state index in [4.69, 9.17) is 4.74 Å². The Morgan fingerprint density at radius 3 is 2.82 bits per heavy atom. The Hall–Kier alpha value is -1.45. The van der Waals surface area contributed by atoms with Gasteiger partial charge >= 0.3 is 0 Å². The van der Waals surface area contributed by atoms with Gasteiger partial charge in [-0.2, -0.15) is 4.31 Å². The van der Waals surface area contributed by atoms with Gasteiger partial charge in [0.15, 0.2) is 0 Å². The van der Waals surface area contributed by atoms with Gasteiger partial charge in [-0.15, -0.1) is 5.10 Å². The van der Waals surface area contributed by atoms with Gasteiger partial charge in [0, 0.05) is 17.2 Å². The van der Waals surface area contributed by atoms with E-state index in [0.717, 1.165) is 11.0 Å². The van der Waals surface area contributed by atoms with Crippen LogP contribution in [0.25, 0.3) is 0 Å². The maximum absolute atomic E-state index is 13.2. The van der Waals surface area contributed by atoms with E-state index in [-0.39, 0.29) is 17.5 Å². The predicted octanol–water partition coefficient (Wildman–Crippen LogP) is 3.59. The lowest BCUT2D eigenvalue weighted by atomic mass is 9.89. The first kappa shape index (κ1) is 19.8. The van der Waals surface area contributed by atoms with E-state index in [1.54, 1.807) is 18.2 Å². The Balaban J connectivity index is 1.54. The minimum Gasteiger partial charge on any atom is -0.490 e. The van der Waals surface area contributed by atoms with Gasteiger partial charge in [0.05, 0.1) is 18.3 Å². The molecule has 1 atom stereocenters. The van der Waals surface area contributed by atoms with Crippen molar-refractivity contribution in [2.75, 3.05) is 6.61 Å². The van der Waals surface area contributed by atoms with Crippen LogP contribution in [-0.2, 0) is 23.1 Å². The first-order valence-electron chi connectivity index (χ1n) is 9.76. The molecule has 9 heteroatoms. The van der Waals surface area contributed by atoms with Crippen molar-refractivity contribution < 1.29 is 13.2 Å². The molecule has 4 rings (SSSR count). The maximum Gasteiger partial charge on any atom is 0.247 e. The summed E-state index contributed by atoms with van der Waals surface area (Å²) in [6.07, 6.45) is 8.23. The molecule has 2 heterocycles. The smallest absolute Gasteiger partial charge is 0.247 e. The normalized spacial score (nSPS) is 23.0. The largest absolute Gasteiger partial charge is 0.490 e. The van der Waals surface area contributed by atoms with Crippen molar-refractivity contribution in [2.45, 2.75) is 63.1 Å². The molecule has 0 amide bonds. The first-order valence-corrected chi connectivity index (χ1v) is 12.0. The molecule has 1 fully saturated rings. The molecule has 0 bridgehead atoms. The minimum absolute atomic E-state index is 0.188. The van der Waals surface area contributed by atoms with Crippen LogP contribution in [0.15, 0.2) is 33.8 Å². The summed E-state index contributed by atoms with van der Waals surface area (Å²) < 4.78 is 36.4. The molecule has 0 unspecified atom stereocenters. The van der Waals surface area contributed by atoms with Crippen LogP contribution in [-0.4, -0.2) is 40.4 Å². The highest BCUT2D eigenvalue weighted by Gasteiger charge is 2.35. The van der Waals surface area contributed by atoms with Gasteiger partial charge in [0.25, 0.3) is 0 Å². The summed E-state index contributed by atoms with van der Waals surface area (Å²) in [7, 11) is -3.69. The molecule has 0 spiro atoms. The van der Waals surface area contributed by atoms with E-state index >= 15 is 0 Å². The summed E-state index contributed by atoms with van der Waals surface area (Å²) in [5.41, 5.74) is 0.659. The van der Waals surface area contributed by atoms with Crippen LogP contribution in [0.4, 0.5) is 0 Å². The molecule has 1 aromatic heterocycles. The molecule has 1 aromatic carbocycles. The number of sulfonamides is 1. The molecule has 2 aliphatic rings. The van der Waals surface area contributed by atoms with E-state index in [9.17, 15) is 8.42 Å². The van der Waals surface area contributed by atoms with Gasteiger partial charge in [-0.1, -0.05) is 40.4 Å². The van der Waals surface area contributed by atoms with Crippen molar-refractivity contribution in [3.8, 4) is 5.75 Å².